The smallest absolute Gasteiger partial charge is 0.296 e. The number of Topliss-reactive ketones (excluding diaryl/α,β-unsaturated/α-hetero) is 1. The second-order valence-corrected chi connectivity index (χ2v) is 2.67. The van der Waals surface area contributed by atoms with E-state index in [1.54, 1.807) is 43.3 Å². The molecular weight excluding hydrogens is 178 g/mol. The molecule has 0 saturated carbocycles. The third kappa shape index (κ3) is 2.55. The van der Waals surface area contributed by atoms with E-state index in [1.165, 1.54) is 6.20 Å². The first kappa shape index (κ1) is 10.2. The fourth-order valence-electron chi connectivity index (χ4n) is 0.945. The van der Waals surface area contributed by atoms with Gasteiger partial charge in [0.1, 0.15) is 0 Å². The fourth-order valence-corrected chi connectivity index (χ4v) is 0.945. The van der Waals surface area contributed by atoms with Crippen molar-refractivity contribution in [3.63, 3.8) is 0 Å². The standard InChI is InChI=1S/C11H11NO2/c1-2-8-12-11(14)10(13)9-6-4-3-5-7-9/h2-8H,1H3,(H,12,14)/b8-2+. The summed E-state index contributed by atoms with van der Waals surface area (Å²) >= 11 is 0. The SMILES string of the molecule is C/C=C/NC(=O)C(=O)c1ccccc1. The van der Waals surface area contributed by atoms with Crippen LogP contribution in [0.1, 0.15) is 17.3 Å². The summed E-state index contributed by atoms with van der Waals surface area (Å²) in [6.07, 6.45) is 3.08. The maximum absolute atomic E-state index is 11.4. The molecule has 1 N–H and O–H groups in total. The first-order valence-corrected chi connectivity index (χ1v) is 4.27. The summed E-state index contributed by atoms with van der Waals surface area (Å²) in [6.45, 7) is 1.76. The second kappa shape index (κ2) is 4.97. The molecule has 0 radical (unpaired) electrons. The van der Waals surface area contributed by atoms with E-state index in [0.717, 1.165) is 0 Å². The van der Waals surface area contributed by atoms with Crippen LogP contribution in [0, 0.1) is 0 Å². The average Bonchev–Trinajstić information content (AvgIpc) is 2.26. The Labute approximate surface area is 82.4 Å². The van der Waals surface area contributed by atoms with E-state index in [0.29, 0.717) is 5.56 Å². The van der Waals surface area contributed by atoms with Crippen molar-refractivity contribution in [3.05, 3.63) is 48.2 Å². The molecule has 0 fully saturated rings. The number of allylic oxidation sites excluding steroid dienone is 1. The first-order valence-electron chi connectivity index (χ1n) is 4.27. The number of hydrogen-bond acceptors (Lipinski definition) is 2. The topological polar surface area (TPSA) is 46.2 Å². The van der Waals surface area contributed by atoms with Crippen LogP contribution in [0.15, 0.2) is 42.6 Å². The fraction of sp³-hybridized carbons (Fsp3) is 0.0909. The number of carbonyl (C=O) groups excluding carboxylic acids is 2. The number of benzene rings is 1. The highest BCUT2D eigenvalue weighted by molar-refractivity contribution is 6.42. The van der Waals surface area contributed by atoms with Crippen LogP contribution in [0.25, 0.3) is 0 Å². The molecule has 1 aromatic carbocycles. The van der Waals surface area contributed by atoms with Gasteiger partial charge in [0, 0.05) is 5.56 Å². The Morgan fingerprint density at radius 3 is 2.43 bits per heavy atom. The van der Waals surface area contributed by atoms with Gasteiger partial charge >= 0.3 is 0 Å². The maximum atomic E-state index is 11.4. The van der Waals surface area contributed by atoms with E-state index in [1.807, 2.05) is 0 Å². The van der Waals surface area contributed by atoms with Gasteiger partial charge in [0.15, 0.2) is 0 Å². The van der Waals surface area contributed by atoms with Gasteiger partial charge in [-0.1, -0.05) is 36.4 Å². The van der Waals surface area contributed by atoms with E-state index in [4.69, 9.17) is 0 Å². The highest BCUT2D eigenvalue weighted by Gasteiger charge is 2.13. The highest BCUT2D eigenvalue weighted by atomic mass is 16.2. The molecule has 14 heavy (non-hydrogen) atoms. The second-order valence-electron chi connectivity index (χ2n) is 2.67. The Morgan fingerprint density at radius 2 is 1.86 bits per heavy atom. The van der Waals surface area contributed by atoms with Crippen LogP contribution in [0.4, 0.5) is 0 Å². The normalized spacial score (nSPS) is 10.1. The molecule has 1 amide bonds. The zero-order chi connectivity index (χ0) is 10.4. The lowest BCUT2D eigenvalue weighted by Gasteiger charge is -1.98. The van der Waals surface area contributed by atoms with E-state index in [9.17, 15) is 9.59 Å². The Hall–Kier alpha value is -1.90. The molecule has 0 aliphatic heterocycles. The van der Waals surface area contributed by atoms with Crippen LogP contribution in [0.3, 0.4) is 0 Å². The lowest BCUT2D eigenvalue weighted by atomic mass is 10.1. The lowest BCUT2D eigenvalue weighted by Crippen LogP contribution is -2.26. The number of rotatable bonds is 3. The predicted octanol–water partition coefficient (Wildman–Crippen LogP) is 1.52. The predicted molar refractivity (Wildman–Crippen MR) is 53.7 cm³/mol. The van der Waals surface area contributed by atoms with Crippen molar-refractivity contribution in [3.8, 4) is 0 Å². The van der Waals surface area contributed by atoms with Crippen molar-refractivity contribution in [2.45, 2.75) is 6.92 Å². The quantitative estimate of drug-likeness (QED) is 0.578. The van der Waals surface area contributed by atoms with Gasteiger partial charge in [-0.3, -0.25) is 9.59 Å². The molecule has 72 valence electrons. The number of hydrogen-bond donors (Lipinski definition) is 1. The van der Waals surface area contributed by atoms with Gasteiger partial charge in [0.25, 0.3) is 11.7 Å². The molecule has 0 heterocycles. The molecule has 0 saturated heterocycles. The third-order valence-electron chi connectivity index (χ3n) is 1.62. The van der Waals surface area contributed by atoms with Crippen molar-refractivity contribution >= 4 is 11.7 Å². The summed E-state index contributed by atoms with van der Waals surface area (Å²) in [4.78, 5) is 22.6. The van der Waals surface area contributed by atoms with E-state index in [-0.39, 0.29) is 0 Å². The molecule has 1 aromatic rings. The van der Waals surface area contributed by atoms with Crippen LogP contribution in [0.5, 0.6) is 0 Å². The van der Waals surface area contributed by atoms with Gasteiger partial charge in [-0.2, -0.15) is 0 Å². The van der Waals surface area contributed by atoms with Crippen molar-refractivity contribution < 1.29 is 9.59 Å². The molecular formula is C11H11NO2. The summed E-state index contributed by atoms with van der Waals surface area (Å²) in [6, 6.07) is 8.45. The Kier molecular flexibility index (Phi) is 3.61. The Bertz CT molecular complexity index is 355. The first-order chi connectivity index (χ1) is 6.75. The van der Waals surface area contributed by atoms with Crippen LogP contribution >= 0.6 is 0 Å². The largest absolute Gasteiger partial charge is 0.326 e. The molecule has 0 spiro atoms. The Morgan fingerprint density at radius 1 is 1.21 bits per heavy atom. The van der Waals surface area contributed by atoms with Crippen molar-refractivity contribution in [2.75, 3.05) is 0 Å². The van der Waals surface area contributed by atoms with Crippen molar-refractivity contribution in [2.24, 2.45) is 0 Å². The van der Waals surface area contributed by atoms with Gasteiger partial charge in [-0.05, 0) is 13.1 Å². The maximum Gasteiger partial charge on any atom is 0.296 e. The van der Waals surface area contributed by atoms with E-state index in [2.05, 4.69) is 5.32 Å². The molecule has 0 unspecified atom stereocenters. The molecule has 0 atom stereocenters. The molecule has 0 aliphatic rings. The molecule has 3 heteroatoms. The third-order valence-corrected chi connectivity index (χ3v) is 1.62. The summed E-state index contributed by atoms with van der Waals surface area (Å²) in [5.41, 5.74) is 0.398. The monoisotopic (exact) mass is 189 g/mol. The van der Waals surface area contributed by atoms with Crippen molar-refractivity contribution in [1.29, 1.82) is 0 Å². The van der Waals surface area contributed by atoms with Crippen LogP contribution in [0.2, 0.25) is 0 Å². The molecule has 0 aromatic heterocycles. The average molecular weight is 189 g/mol. The number of amides is 1. The number of carbonyl (C=O) groups is 2. The Balaban J connectivity index is 2.71. The van der Waals surface area contributed by atoms with Gasteiger partial charge in [-0.25, -0.2) is 0 Å². The van der Waals surface area contributed by atoms with Crippen LogP contribution < -0.4 is 5.32 Å². The van der Waals surface area contributed by atoms with E-state index < -0.39 is 11.7 Å². The summed E-state index contributed by atoms with van der Waals surface area (Å²) < 4.78 is 0. The van der Waals surface area contributed by atoms with E-state index >= 15 is 0 Å². The molecule has 0 aliphatic carbocycles. The van der Waals surface area contributed by atoms with Gasteiger partial charge < -0.3 is 5.32 Å². The summed E-state index contributed by atoms with van der Waals surface area (Å²) in [5.74, 6) is -1.14. The minimum atomic E-state index is -0.616. The zero-order valence-corrected chi connectivity index (χ0v) is 7.86. The summed E-state index contributed by atoms with van der Waals surface area (Å²) in [7, 11) is 0. The minimum Gasteiger partial charge on any atom is -0.326 e. The molecule has 0 bridgehead atoms. The van der Waals surface area contributed by atoms with Gasteiger partial charge in [0.2, 0.25) is 0 Å². The molecule has 1 rings (SSSR count). The number of nitrogens with one attached hydrogen (secondary N) is 1. The van der Waals surface area contributed by atoms with Gasteiger partial charge in [0.05, 0.1) is 0 Å². The highest BCUT2D eigenvalue weighted by Crippen LogP contribution is 1.99. The molecule has 3 nitrogen and oxygen atoms in total. The minimum absolute atomic E-state index is 0.398. The van der Waals surface area contributed by atoms with Crippen LogP contribution in [-0.4, -0.2) is 11.7 Å². The van der Waals surface area contributed by atoms with Crippen LogP contribution in [-0.2, 0) is 4.79 Å². The van der Waals surface area contributed by atoms with Crippen molar-refractivity contribution in [1.82, 2.24) is 5.32 Å². The lowest BCUT2D eigenvalue weighted by molar-refractivity contribution is -0.116. The summed E-state index contributed by atoms with van der Waals surface area (Å²) in [5, 5.41) is 2.36. The number of ketones is 1. The zero-order valence-electron chi connectivity index (χ0n) is 7.86. The van der Waals surface area contributed by atoms with Gasteiger partial charge in [-0.15, -0.1) is 0 Å².